The average molecular weight is 288 g/mol. The molecule has 0 bridgehead atoms. The zero-order valence-corrected chi connectivity index (χ0v) is 13.7. The molecule has 0 amide bonds. The van der Waals surface area contributed by atoms with Crippen LogP contribution in [0.5, 0.6) is 0 Å². The largest absolute Gasteiger partial charge is 0.341 e. The van der Waals surface area contributed by atoms with E-state index in [1.807, 2.05) is 0 Å². The number of hydrogen-bond donors (Lipinski definition) is 1. The molecular weight excluding hydrogens is 260 g/mol. The van der Waals surface area contributed by atoms with Crippen LogP contribution >= 0.6 is 0 Å². The van der Waals surface area contributed by atoms with Crippen molar-refractivity contribution in [1.82, 2.24) is 15.3 Å². The highest BCUT2D eigenvalue weighted by atomic mass is 15.3. The Balaban J connectivity index is 1.74. The van der Waals surface area contributed by atoms with Crippen molar-refractivity contribution in [1.29, 1.82) is 0 Å². The van der Waals surface area contributed by atoms with Gasteiger partial charge in [0, 0.05) is 37.1 Å². The van der Waals surface area contributed by atoms with Crippen LogP contribution < -0.4 is 10.2 Å². The van der Waals surface area contributed by atoms with Crippen LogP contribution in [-0.2, 0) is 0 Å². The van der Waals surface area contributed by atoms with E-state index < -0.39 is 0 Å². The Morgan fingerprint density at radius 2 is 1.71 bits per heavy atom. The summed E-state index contributed by atoms with van der Waals surface area (Å²) in [5.74, 6) is 1.43. The number of piperidine rings is 1. The summed E-state index contributed by atoms with van der Waals surface area (Å²) in [5, 5.41) is 3.62. The lowest BCUT2D eigenvalue weighted by Crippen LogP contribution is -2.32. The first-order valence-corrected chi connectivity index (χ1v) is 8.48. The second-order valence-electron chi connectivity index (χ2n) is 6.74. The van der Waals surface area contributed by atoms with Crippen LogP contribution in [0.15, 0.2) is 0 Å². The average Bonchev–Trinajstić information content (AvgIpc) is 3.29. The maximum absolute atomic E-state index is 4.81. The van der Waals surface area contributed by atoms with Gasteiger partial charge in [-0.15, -0.1) is 0 Å². The Kier molecular flexibility index (Phi) is 4.43. The molecule has 0 radical (unpaired) electrons. The minimum absolute atomic E-state index is 0.487. The van der Waals surface area contributed by atoms with Crippen molar-refractivity contribution in [2.24, 2.45) is 0 Å². The Labute approximate surface area is 128 Å². The van der Waals surface area contributed by atoms with Gasteiger partial charge in [0.25, 0.3) is 0 Å². The number of aryl methyl sites for hydroxylation is 2. The third-order valence-corrected chi connectivity index (χ3v) is 4.74. The summed E-state index contributed by atoms with van der Waals surface area (Å²) in [6.07, 6.45) is 6.57. The molecule has 1 aliphatic carbocycles. The Morgan fingerprint density at radius 1 is 1.10 bits per heavy atom. The maximum Gasteiger partial charge on any atom is 0.225 e. The molecular formula is C17H28N4. The normalized spacial score (nSPS) is 20.6. The molecule has 1 unspecified atom stereocenters. The molecule has 116 valence electrons. The molecule has 4 nitrogen and oxygen atoms in total. The monoisotopic (exact) mass is 288 g/mol. The zero-order valence-electron chi connectivity index (χ0n) is 13.7. The van der Waals surface area contributed by atoms with Crippen LogP contribution in [0.25, 0.3) is 0 Å². The van der Waals surface area contributed by atoms with Gasteiger partial charge in [-0.25, -0.2) is 9.97 Å². The van der Waals surface area contributed by atoms with Gasteiger partial charge >= 0.3 is 0 Å². The molecule has 0 spiro atoms. The first-order chi connectivity index (χ1) is 10.1. The Bertz CT molecular complexity index is 467. The molecule has 1 N–H and O–H groups in total. The van der Waals surface area contributed by atoms with Gasteiger partial charge in [0.1, 0.15) is 0 Å². The summed E-state index contributed by atoms with van der Waals surface area (Å²) in [6, 6.07) is 0.765. The second-order valence-corrected chi connectivity index (χ2v) is 6.74. The number of nitrogens with zero attached hydrogens (tertiary/aromatic N) is 3. The third-order valence-electron chi connectivity index (χ3n) is 4.74. The SMILES string of the molecule is Cc1nc(N2CCCCC2)nc(C)c1C(C)CNC1CC1. The van der Waals surface area contributed by atoms with E-state index in [1.165, 1.54) is 37.7 Å². The Hall–Kier alpha value is -1.16. The number of rotatable bonds is 5. The summed E-state index contributed by atoms with van der Waals surface area (Å²) in [4.78, 5) is 12.0. The van der Waals surface area contributed by atoms with E-state index >= 15 is 0 Å². The highest BCUT2D eigenvalue weighted by molar-refractivity contribution is 5.38. The lowest BCUT2D eigenvalue weighted by molar-refractivity contribution is 0.564. The first-order valence-electron chi connectivity index (χ1n) is 8.48. The van der Waals surface area contributed by atoms with Crippen LogP contribution in [0.2, 0.25) is 0 Å². The van der Waals surface area contributed by atoms with E-state index in [2.05, 4.69) is 31.0 Å². The molecule has 1 aromatic rings. The standard InChI is InChI=1S/C17H28N4/c1-12(11-18-15-7-8-15)16-13(2)19-17(20-14(16)3)21-9-5-4-6-10-21/h12,15,18H,4-11H2,1-3H3. The molecule has 3 rings (SSSR count). The van der Waals surface area contributed by atoms with Crippen molar-refractivity contribution in [2.75, 3.05) is 24.5 Å². The summed E-state index contributed by atoms with van der Waals surface area (Å²) in [5.41, 5.74) is 3.66. The number of aromatic nitrogens is 2. The number of hydrogen-bond acceptors (Lipinski definition) is 4. The van der Waals surface area contributed by atoms with Gasteiger partial charge in [-0.3, -0.25) is 0 Å². The zero-order chi connectivity index (χ0) is 14.8. The van der Waals surface area contributed by atoms with E-state index in [-0.39, 0.29) is 0 Å². The molecule has 1 saturated carbocycles. The van der Waals surface area contributed by atoms with Crippen molar-refractivity contribution >= 4 is 5.95 Å². The lowest BCUT2D eigenvalue weighted by atomic mass is 9.98. The summed E-state index contributed by atoms with van der Waals surface area (Å²) < 4.78 is 0. The predicted octanol–water partition coefficient (Wildman–Crippen LogP) is 2.94. The molecule has 4 heteroatoms. The quantitative estimate of drug-likeness (QED) is 0.904. The van der Waals surface area contributed by atoms with E-state index in [9.17, 15) is 0 Å². The molecule has 1 aliphatic heterocycles. The van der Waals surface area contributed by atoms with E-state index in [4.69, 9.17) is 9.97 Å². The highest BCUT2D eigenvalue weighted by Gasteiger charge is 2.23. The highest BCUT2D eigenvalue weighted by Crippen LogP contribution is 2.26. The topological polar surface area (TPSA) is 41.1 Å². The van der Waals surface area contributed by atoms with Crippen LogP contribution in [-0.4, -0.2) is 35.6 Å². The second kappa shape index (κ2) is 6.30. The van der Waals surface area contributed by atoms with Gasteiger partial charge in [-0.2, -0.15) is 0 Å². The smallest absolute Gasteiger partial charge is 0.225 e. The fraction of sp³-hybridized carbons (Fsp3) is 0.765. The molecule has 1 atom stereocenters. The van der Waals surface area contributed by atoms with Gasteiger partial charge in [0.15, 0.2) is 0 Å². The van der Waals surface area contributed by atoms with Crippen molar-refractivity contribution in [3.05, 3.63) is 17.0 Å². The third kappa shape index (κ3) is 3.54. The van der Waals surface area contributed by atoms with Crippen molar-refractivity contribution in [3.63, 3.8) is 0 Å². The fourth-order valence-electron chi connectivity index (χ4n) is 3.39. The molecule has 0 aromatic carbocycles. The van der Waals surface area contributed by atoms with Crippen LogP contribution in [0, 0.1) is 13.8 Å². The number of anilines is 1. The maximum atomic E-state index is 4.81. The minimum atomic E-state index is 0.487. The van der Waals surface area contributed by atoms with Gasteiger partial charge in [-0.05, 0) is 57.4 Å². The lowest BCUT2D eigenvalue weighted by Gasteiger charge is -2.28. The molecule has 1 saturated heterocycles. The van der Waals surface area contributed by atoms with Crippen molar-refractivity contribution in [2.45, 2.75) is 64.8 Å². The fourth-order valence-corrected chi connectivity index (χ4v) is 3.39. The van der Waals surface area contributed by atoms with E-state index in [1.54, 1.807) is 0 Å². The van der Waals surface area contributed by atoms with Gasteiger partial charge in [0.05, 0.1) is 0 Å². The summed E-state index contributed by atoms with van der Waals surface area (Å²) in [6.45, 7) is 9.83. The van der Waals surface area contributed by atoms with Crippen LogP contribution in [0.1, 0.15) is 61.9 Å². The molecule has 2 fully saturated rings. The predicted molar refractivity (Wildman–Crippen MR) is 87.0 cm³/mol. The van der Waals surface area contributed by atoms with Gasteiger partial charge < -0.3 is 10.2 Å². The molecule has 1 aromatic heterocycles. The summed E-state index contributed by atoms with van der Waals surface area (Å²) in [7, 11) is 0. The van der Waals surface area contributed by atoms with Crippen molar-refractivity contribution in [3.8, 4) is 0 Å². The molecule has 21 heavy (non-hydrogen) atoms. The minimum Gasteiger partial charge on any atom is -0.341 e. The summed E-state index contributed by atoms with van der Waals surface area (Å²) >= 11 is 0. The molecule has 2 heterocycles. The van der Waals surface area contributed by atoms with Crippen LogP contribution in [0.4, 0.5) is 5.95 Å². The van der Waals surface area contributed by atoms with Crippen LogP contribution in [0.3, 0.4) is 0 Å². The van der Waals surface area contributed by atoms with E-state index in [0.29, 0.717) is 5.92 Å². The van der Waals surface area contributed by atoms with Gasteiger partial charge in [-0.1, -0.05) is 6.92 Å². The number of nitrogens with one attached hydrogen (secondary N) is 1. The Morgan fingerprint density at radius 3 is 2.29 bits per heavy atom. The first kappa shape index (κ1) is 14.8. The van der Waals surface area contributed by atoms with Gasteiger partial charge in [0.2, 0.25) is 5.95 Å². The molecule has 2 aliphatic rings. The van der Waals surface area contributed by atoms with E-state index in [0.717, 1.165) is 43.0 Å². The van der Waals surface area contributed by atoms with Crippen molar-refractivity contribution < 1.29 is 0 Å².